The number of aryl methyl sites for hydroxylation is 1. The van der Waals surface area contributed by atoms with Gasteiger partial charge in [0.2, 0.25) is 0 Å². The molecule has 4 aromatic rings. The van der Waals surface area contributed by atoms with Crippen molar-refractivity contribution in [2.75, 3.05) is 0 Å². The minimum absolute atomic E-state index is 0.929. The average Bonchev–Trinajstić information content (AvgIpc) is 2.79. The van der Waals surface area contributed by atoms with Gasteiger partial charge in [0.05, 0.1) is 5.82 Å². The molecule has 0 saturated carbocycles. The Kier molecular flexibility index (Phi) is 5.74. The van der Waals surface area contributed by atoms with E-state index in [4.69, 9.17) is 0 Å². The van der Waals surface area contributed by atoms with Crippen LogP contribution in [0.3, 0.4) is 0 Å². The van der Waals surface area contributed by atoms with Gasteiger partial charge in [-0.05, 0) is 53.9 Å². The van der Waals surface area contributed by atoms with E-state index in [0.717, 1.165) is 6.42 Å². The van der Waals surface area contributed by atoms with Gasteiger partial charge in [-0.15, -0.1) is 0 Å². The molecule has 0 unspecified atom stereocenters. The molecule has 0 N–H and O–H groups in total. The lowest BCUT2D eigenvalue weighted by Crippen LogP contribution is -2.31. The van der Waals surface area contributed by atoms with E-state index in [1.54, 1.807) is 0 Å². The molecular formula is C28H26P+. The van der Waals surface area contributed by atoms with Crippen molar-refractivity contribution in [2.45, 2.75) is 13.3 Å². The summed E-state index contributed by atoms with van der Waals surface area (Å²) in [7, 11) is -1.96. The van der Waals surface area contributed by atoms with Gasteiger partial charge in [-0.2, -0.15) is 0 Å². The molecule has 0 nitrogen and oxygen atoms in total. The summed E-state index contributed by atoms with van der Waals surface area (Å²) in [5.41, 5.74) is 4.09. The highest BCUT2D eigenvalue weighted by Crippen LogP contribution is 2.57. The highest BCUT2D eigenvalue weighted by molar-refractivity contribution is 7.98. The molecule has 0 heterocycles. The monoisotopic (exact) mass is 393 g/mol. The average molecular weight is 393 g/mol. The summed E-state index contributed by atoms with van der Waals surface area (Å²) in [5.74, 6) is 2.22. The first kappa shape index (κ1) is 19.4. The zero-order chi connectivity index (χ0) is 20.1. The molecule has 142 valence electrons. The third-order valence-corrected chi connectivity index (χ3v) is 9.58. The molecular weight excluding hydrogens is 367 g/mol. The van der Waals surface area contributed by atoms with Gasteiger partial charge in [0.1, 0.15) is 23.2 Å². The number of benzene rings is 4. The summed E-state index contributed by atoms with van der Waals surface area (Å²) in [6.07, 6.45) is 0.929. The molecule has 0 bridgehead atoms. The van der Waals surface area contributed by atoms with Crippen molar-refractivity contribution in [1.82, 2.24) is 0 Å². The smallest absolute Gasteiger partial charge is 0.0627 e. The standard InChI is InChI=1S/C28H26P/c1-3-29(26-17-6-4-7-18-26,27-19-8-5-9-20-27)28-21-13-12-16-25(28)22-24-15-11-10-14-23(24)2/h3-21H,1,22H2,2H3/q+1. The fourth-order valence-corrected chi connectivity index (χ4v) is 7.77. The van der Waals surface area contributed by atoms with Gasteiger partial charge in [0.15, 0.2) is 0 Å². The first-order chi connectivity index (χ1) is 14.3. The van der Waals surface area contributed by atoms with E-state index in [0.29, 0.717) is 0 Å². The lowest BCUT2D eigenvalue weighted by atomic mass is 10.0. The zero-order valence-corrected chi connectivity index (χ0v) is 17.7. The van der Waals surface area contributed by atoms with Crippen molar-refractivity contribution >= 4 is 23.2 Å². The summed E-state index contributed by atoms with van der Waals surface area (Å²) >= 11 is 0. The van der Waals surface area contributed by atoms with Crippen molar-refractivity contribution in [2.24, 2.45) is 0 Å². The van der Waals surface area contributed by atoms with Gasteiger partial charge in [0.25, 0.3) is 0 Å². The van der Waals surface area contributed by atoms with Gasteiger partial charge in [-0.3, -0.25) is 0 Å². The Hall–Kier alpha value is -2.95. The van der Waals surface area contributed by atoms with Crippen LogP contribution >= 0.6 is 7.26 Å². The molecule has 0 aromatic heterocycles. The number of hydrogen-bond acceptors (Lipinski definition) is 0. The van der Waals surface area contributed by atoms with Crippen LogP contribution in [0.4, 0.5) is 0 Å². The Morgan fingerprint density at radius 2 is 1.10 bits per heavy atom. The van der Waals surface area contributed by atoms with Crippen LogP contribution in [-0.4, -0.2) is 0 Å². The quantitative estimate of drug-likeness (QED) is 0.351. The first-order valence-electron chi connectivity index (χ1n) is 10.0. The Morgan fingerprint density at radius 1 is 0.621 bits per heavy atom. The summed E-state index contributed by atoms with van der Waals surface area (Å²) < 4.78 is 0. The Balaban J connectivity index is 1.96. The largest absolute Gasteiger partial charge is 0.136 e. The normalized spacial score (nSPS) is 11.2. The molecule has 0 amide bonds. The molecule has 0 aliphatic carbocycles. The molecule has 0 radical (unpaired) electrons. The van der Waals surface area contributed by atoms with Gasteiger partial charge in [-0.25, -0.2) is 0 Å². The van der Waals surface area contributed by atoms with Crippen molar-refractivity contribution < 1.29 is 0 Å². The Labute approximate surface area is 174 Å². The van der Waals surface area contributed by atoms with E-state index < -0.39 is 7.26 Å². The van der Waals surface area contributed by atoms with Gasteiger partial charge in [0, 0.05) is 6.42 Å². The van der Waals surface area contributed by atoms with Gasteiger partial charge < -0.3 is 0 Å². The molecule has 1 heteroatoms. The third kappa shape index (κ3) is 3.69. The molecule has 0 aliphatic heterocycles. The highest BCUT2D eigenvalue weighted by atomic mass is 31.2. The molecule has 0 aliphatic rings. The summed E-state index contributed by atoms with van der Waals surface area (Å²) in [6.45, 7) is 6.57. The second-order valence-corrected chi connectivity index (χ2v) is 10.6. The predicted octanol–water partition coefficient (Wildman–Crippen LogP) is 6.02. The Morgan fingerprint density at radius 3 is 1.66 bits per heavy atom. The minimum atomic E-state index is -1.96. The topological polar surface area (TPSA) is 0 Å². The van der Waals surface area contributed by atoms with Crippen LogP contribution in [0.5, 0.6) is 0 Å². The lowest BCUT2D eigenvalue weighted by Gasteiger charge is -2.26. The van der Waals surface area contributed by atoms with Crippen LogP contribution in [0.15, 0.2) is 122 Å². The van der Waals surface area contributed by atoms with Crippen molar-refractivity contribution in [3.05, 3.63) is 138 Å². The molecule has 4 rings (SSSR count). The van der Waals surface area contributed by atoms with E-state index in [9.17, 15) is 0 Å². The van der Waals surface area contributed by atoms with Gasteiger partial charge in [-0.1, -0.05) is 85.4 Å². The Bertz CT molecular complexity index is 1060. The van der Waals surface area contributed by atoms with E-state index in [-0.39, 0.29) is 0 Å². The SMILES string of the molecule is C=C[P+](c1ccccc1)(c1ccccc1)c1ccccc1Cc1ccccc1C. The lowest BCUT2D eigenvalue weighted by molar-refractivity contribution is 1.17. The first-order valence-corrected chi connectivity index (χ1v) is 11.9. The van der Waals surface area contributed by atoms with Crippen molar-refractivity contribution in [1.29, 1.82) is 0 Å². The predicted molar refractivity (Wildman–Crippen MR) is 129 cm³/mol. The van der Waals surface area contributed by atoms with Crippen LogP contribution in [0.25, 0.3) is 0 Å². The third-order valence-electron chi connectivity index (χ3n) is 5.61. The second kappa shape index (κ2) is 8.60. The van der Waals surface area contributed by atoms with Gasteiger partial charge >= 0.3 is 0 Å². The summed E-state index contributed by atoms with van der Waals surface area (Å²) in [6, 6.07) is 39.4. The fourth-order valence-electron chi connectivity index (χ4n) is 4.08. The molecule has 0 saturated heterocycles. The molecule has 4 aromatic carbocycles. The molecule has 0 spiro atoms. The highest BCUT2D eigenvalue weighted by Gasteiger charge is 2.44. The van der Waals surface area contributed by atoms with Crippen LogP contribution < -0.4 is 15.9 Å². The van der Waals surface area contributed by atoms with Crippen molar-refractivity contribution in [3.63, 3.8) is 0 Å². The van der Waals surface area contributed by atoms with E-state index >= 15 is 0 Å². The van der Waals surface area contributed by atoms with Crippen LogP contribution in [0.1, 0.15) is 16.7 Å². The van der Waals surface area contributed by atoms with E-state index in [2.05, 4.69) is 129 Å². The molecule has 0 atom stereocenters. The summed E-state index contributed by atoms with van der Waals surface area (Å²) in [5, 5.41) is 4.09. The maximum absolute atomic E-state index is 4.38. The molecule has 0 fully saturated rings. The number of hydrogen-bond donors (Lipinski definition) is 0. The maximum Gasteiger partial charge on any atom is 0.136 e. The zero-order valence-electron chi connectivity index (χ0n) is 16.8. The van der Waals surface area contributed by atoms with E-state index in [1.165, 1.54) is 32.6 Å². The van der Waals surface area contributed by atoms with E-state index in [1.807, 2.05) is 0 Å². The number of rotatable bonds is 6. The molecule has 29 heavy (non-hydrogen) atoms. The van der Waals surface area contributed by atoms with Crippen LogP contribution in [-0.2, 0) is 6.42 Å². The van der Waals surface area contributed by atoms with Crippen molar-refractivity contribution in [3.8, 4) is 0 Å². The minimum Gasteiger partial charge on any atom is -0.0627 e. The van der Waals surface area contributed by atoms with Crippen LogP contribution in [0, 0.1) is 6.92 Å². The maximum atomic E-state index is 4.38. The second-order valence-electron chi connectivity index (χ2n) is 7.31. The van der Waals surface area contributed by atoms with Crippen LogP contribution in [0.2, 0.25) is 0 Å². The summed E-state index contributed by atoms with van der Waals surface area (Å²) in [4.78, 5) is 0. The fraction of sp³-hybridized carbons (Fsp3) is 0.0714.